The number of unbranched alkanes of at least 4 members (excludes halogenated alkanes) is 1. The lowest BCUT2D eigenvalue weighted by Crippen LogP contribution is -2.03. The van der Waals surface area contributed by atoms with Gasteiger partial charge in [-0.25, -0.2) is 0 Å². The van der Waals surface area contributed by atoms with E-state index in [0.29, 0.717) is 6.07 Å². The van der Waals surface area contributed by atoms with Crippen molar-refractivity contribution in [2.24, 2.45) is 0 Å². The lowest BCUT2D eigenvalue weighted by molar-refractivity contribution is -0.396. The number of phenols is 2. The number of aromatic hydroxyl groups is 2. The highest BCUT2D eigenvalue weighted by Gasteiger charge is 2.31. The van der Waals surface area contributed by atoms with Crippen molar-refractivity contribution >= 4 is 17.3 Å². The Morgan fingerprint density at radius 2 is 1.76 bits per heavy atom. The van der Waals surface area contributed by atoms with Crippen LogP contribution in [0.25, 0.3) is 0 Å². The van der Waals surface area contributed by atoms with Crippen LogP contribution in [0.1, 0.15) is 24.8 Å². The van der Waals surface area contributed by atoms with Crippen molar-refractivity contribution in [1.82, 2.24) is 0 Å². The molecular formula is C11H12N2O8. The third-order valence-electron chi connectivity index (χ3n) is 2.78. The van der Waals surface area contributed by atoms with Crippen LogP contribution in [0.2, 0.25) is 0 Å². The van der Waals surface area contributed by atoms with E-state index in [9.17, 15) is 35.2 Å². The number of carboxylic acids is 1. The van der Waals surface area contributed by atoms with Gasteiger partial charge in [-0.05, 0) is 19.3 Å². The summed E-state index contributed by atoms with van der Waals surface area (Å²) in [5.74, 6) is -3.05. The molecule has 21 heavy (non-hydrogen) atoms. The first-order valence-electron chi connectivity index (χ1n) is 5.84. The molecule has 0 atom stereocenters. The van der Waals surface area contributed by atoms with Crippen LogP contribution in [0.4, 0.5) is 11.4 Å². The maximum absolute atomic E-state index is 10.9. The second-order valence-electron chi connectivity index (χ2n) is 4.21. The van der Waals surface area contributed by atoms with Crippen molar-refractivity contribution < 1.29 is 30.0 Å². The number of carboxylic acid groups (broad SMARTS) is 1. The first-order chi connectivity index (χ1) is 9.75. The smallest absolute Gasteiger partial charge is 0.324 e. The van der Waals surface area contributed by atoms with E-state index in [1.807, 2.05) is 0 Å². The van der Waals surface area contributed by atoms with Gasteiger partial charge in [-0.2, -0.15) is 0 Å². The Labute approximate surface area is 117 Å². The molecule has 0 saturated carbocycles. The molecule has 0 unspecified atom stereocenters. The molecule has 0 aliphatic rings. The molecule has 0 fully saturated rings. The van der Waals surface area contributed by atoms with Crippen molar-refractivity contribution in [2.75, 3.05) is 0 Å². The zero-order chi connectivity index (χ0) is 16.2. The summed E-state index contributed by atoms with van der Waals surface area (Å²) in [6.45, 7) is 0. The average molecular weight is 300 g/mol. The average Bonchev–Trinajstić information content (AvgIpc) is 2.37. The van der Waals surface area contributed by atoms with Gasteiger partial charge in [0, 0.05) is 6.42 Å². The molecular weight excluding hydrogens is 288 g/mol. The highest BCUT2D eigenvalue weighted by molar-refractivity contribution is 5.67. The Morgan fingerprint density at radius 1 is 1.14 bits per heavy atom. The summed E-state index contributed by atoms with van der Waals surface area (Å²) in [6, 6.07) is 0.634. The molecule has 0 aromatic heterocycles. The molecule has 0 amide bonds. The molecule has 3 N–H and O–H groups in total. The van der Waals surface area contributed by atoms with E-state index >= 15 is 0 Å². The minimum Gasteiger partial charge on any atom is -0.504 e. The van der Waals surface area contributed by atoms with Crippen molar-refractivity contribution in [3.63, 3.8) is 0 Å². The first-order valence-corrected chi connectivity index (χ1v) is 5.84. The van der Waals surface area contributed by atoms with Crippen LogP contribution in [0.3, 0.4) is 0 Å². The maximum Gasteiger partial charge on any atom is 0.324 e. The van der Waals surface area contributed by atoms with Crippen LogP contribution in [0.15, 0.2) is 6.07 Å². The Hall–Kier alpha value is -2.91. The Morgan fingerprint density at radius 3 is 2.24 bits per heavy atom. The van der Waals surface area contributed by atoms with E-state index in [0.717, 1.165) is 0 Å². The van der Waals surface area contributed by atoms with Gasteiger partial charge in [0.15, 0.2) is 5.75 Å². The summed E-state index contributed by atoms with van der Waals surface area (Å²) >= 11 is 0. The summed E-state index contributed by atoms with van der Waals surface area (Å²) in [4.78, 5) is 30.3. The van der Waals surface area contributed by atoms with Crippen LogP contribution in [0.5, 0.6) is 11.5 Å². The number of hydrogen-bond acceptors (Lipinski definition) is 7. The molecule has 0 spiro atoms. The number of nitro groups is 2. The second-order valence-corrected chi connectivity index (χ2v) is 4.21. The molecule has 1 rings (SSSR count). The third-order valence-corrected chi connectivity index (χ3v) is 2.78. The van der Waals surface area contributed by atoms with Crippen LogP contribution in [0, 0.1) is 20.2 Å². The summed E-state index contributed by atoms with van der Waals surface area (Å²) in [5.41, 5.74) is -1.96. The Balaban J connectivity index is 3.19. The number of aliphatic carboxylic acids is 1. The van der Waals surface area contributed by atoms with E-state index in [1.54, 1.807) is 0 Å². The molecule has 0 aliphatic carbocycles. The Kier molecular flexibility index (Phi) is 5.00. The number of rotatable bonds is 7. The van der Waals surface area contributed by atoms with Crippen LogP contribution < -0.4 is 0 Å². The van der Waals surface area contributed by atoms with Crippen molar-refractivity contribution in [3.05, 3.63) is 31.9 Å². The van der Waals surface area contributed by atoms with Gasteiger partial charge in [0.25, 0.3) is 5.69 Å². The second kappa shape index (κ2) is 6.50. The molecule has 0 bridgehead atoms. The zero-order valence-electron chi connectivity index (χ0n) is 10.7. The van der Waals surface area contributed by atoms with Crippen LogP contribution in [-0.2, 0) is 11.2 Å². The first kappa shape index (κ1) is 16.1. The Bertz CT molecular complexity index is 598. The molecule has 10 nitrogen and oxygen atoms in total. The van der Waals surface area contributed by atoms with Gasteiger partial charge in [-0.3, -0.25) is 25.0 Å². The normalized spacial score (nSPS) is 10.3. The molecule has 0 saturated heterocycles. The third kappa shape index (κ3) is 3.78. The minimum absolute atomic E-state index is 0.151. The molecule has 10 heteroatoms. The van der Waals surface area contributed by atoms with E-state index in [4.69, 9.17) is 5.11 Å². The van der Waals surface area contributed by atoms with Gasteiger partial charge in [0.2, 0.25) is 5.75 Å². The lowest BCUT2D eigenvalue weighted by Gasteiger charge is -2.07. The van der Waals surface area contributed by atoms with Gasteiger partial charge < -0.3 is 15.3 Å². The predicted molar refractivity (Wildman–Crippen MR) is 68.3 cm³/mol. The van der Waals surface area contributed by atoms with Gasteiger partial charge in [-0.1, -0.05) is 0 Å². The summed E-state index contributed by atoms with van der Waals surface area (Å²) in [6.07, 6.45) is -0.0110. The van der Waals surface area contributed by atoms with Gasteiger partial charge in [-0.15, -0.1) is 0 Å². The van der Waals surface area contributed by atoms with Gasteiger partial charge >= 0.3 is 11.7 Å². The standard InChI is InChI=1S/C11H12N2O8/c14-8-5-7(12(18)19)6(3-1-2-4-9(15)16)10(11(8)17)13(20)21/h5,14,17H,1-4H2,(H,15,16). The lowest BCUT2D eigenvalue weighted by atomic mass is 10.0. The van der Waals surface area contributed by atoms with Gasteiger partial charge in [0.05, 0.1) is 15.9 Å². The number of benzene rings is 1. The molecule has 1 aromatic carbocycles. The highest BCUT2D eigenvalue weighted by atomic mass is 16.6. The van der Waals surface area contributed by atoms with Crippen LogP contribution in [-0.4, -0.2) is 31.1 Å². The topological polar surface area (TPSA) is 164 Å². The number of nitro benzene ring substituents is 2. The fourth-order valence-corrected chi connectivity index (χ4v) is 1.85. The predicted octanol–water partition coefficient (Wildman–Crippen LogP) is 1.71. The molecule has 0 heterocycles. The number of hydrogen-bond donors (Lipinski definition) is 3. The maximum atomic E-state index is 10.9. The number of phenolic OH excluding ortho intramolecular Hbond substituents is 2. The molecule has 0 aliphatic heterocycles. The SMILES string of the molecule is O=C(O)CCCCc1c([N+](=O)[O-])cc(O)c(O)c1[N+](=O)[O-]. The van der Waals surface area contributed by atoms with Crippen molar-refractivity contribution in [2.45, 2.75) is 25.7 Å². The molecule has 114 valence electrons. The van der Waals surface area contributed by atoms with E-state index in [1.165, 1.54) is 0 Å². The van der Waals surface area contributed by atoms with E-state index < -0.39 is 38.7 Å². The quantitative estimate of drug-likeness (QED) is 0.296. The largest absolute Gasteiger partial charge is 0.504 e. The van der Waals surface area contributed by atoms with Crippen molar-refractivity contribution in [3.8, 4) is 11.5 Å². The minimum atomic E-state index is -1.05. The number of carbonyl (C=O) groups is 1. The molecule has 0 radical (unpaired) electrons. The summed E-state index contributed by atoms with van der Waals surface area (Å²) in [7, 11) is 0. The summed E-state index contributed by atoms with van der Waals surface area (Å²) in [5, 5.41) is 49.1. The monoisotopic (exact) mass is 300 g/mol. The van der Waals surface area contributed by atoms with Crippen LogP contribution >= 0.6 is 0 Å². The fourth-order valence-electron chi connectivity index (χ4n) is 1.85. The highest BCUT2D eigenvalue weighted by Crippen LogP contribution is 2.43. The summed E-state index contributed by atoms with van der Waals surface area (Å²) < 4.78 is 0. The zero-order valence-corrected chi connectivity index (χ0v) is 10.7. The van der Waals surface area contributed by atoms with E-state index in [2.05, 4.69) is 0 Å². The number of nitrogens with zero attached hydrogens (tertiary/aromatic N) is 2. The van der Waals surface area contributed by atoms with Crippen molar-refractivity contribution in [1.29, 1.82) is 0 Å². The molecule has 1 aromatic rings. The van der Waals surface area contributed by atoms with E-state index in [-0.39, 0.29) is 31.2 Å². The fraction of sp³-hybridized carbons (Fsp3) is 0.364. The van der Waals surface area contributed by atoms with Gasteiger partial charge in [0.1, 0.15) is 5.56 Å².